The van der Waals surface area contributed by atoms with Crippen molar-refractivity contribution in [3.05, 3.63) is 64.1 Å². The number of allylic oxidation sites excluding steroid dienone is 1. The summed E-state index contributed by atoms with van der Waals surface area (Å²) in [5, 5.41) is 13.6. The number of aliphatic hydroxyl groups is 1. The Morgan fingerprint density at radius 1 is 1.24 bits per heavy atom. The van der Waals surface area contributed by atoms with Gasteiger partial charge in [-0.3, -0.25) is 19.4 Å². The Balaban J connectivity index is 1.61. The van der Waals surface area contributed by atoms with Crippen LogP contribution in [0.1, 0.15) is 60.4 Å². The number of hydrogen-bond acceptors (Lipinski definition) is 6. The van der Waals surface area contributed by atoms with E-state index in [0.29, 0.717) is 11.3 Å². The highest BCUT2D eigenvalue weighted by atomic mass is 16.3. The Morgan fingerprint density at radius 2 is 2.03 bits per heavy atom. The molecule has 2 amide bonds. The number of carbonyl (C=O) groups is 2. The van der Waals surface area contributed by atoms with Crippen LogP contribution in [0.2, 0.25) is 0 Å². The number of aromatic nitrogens is 3. The van der Waals surface area contributed by atoms with E-state index in [9.17, 15) is 19.5 Å². The molecule has 5 rings (SSSR count). The maximum Gasteiger partial charge on any atom is 0.274 e. The molecule has 2 fully saturated rings. The molecule has 4 heterocycles. The van der Waals surface area contributed by atoms with Crippen molar-refractivity contribution in [1.29, 1.82) is 0 Å². The molecule has 2 aromatic rings. The van der Waals surface area contributed by atoms with Crippen LogP contribution in [0.3, 0.4) is 0 Å². The van der Waals surface area contributed by atoms with Crippen LogP contribution in [-0.4, -0.2) is 55.0 Å². The zero-order valence-electron chi connectivity index (χ0n) is 19.1. The smallest absolute Gasteiger partial charge is 0.274 e. The molecule has 2 N–H and O–H groups in total. The topological polar surface area (TPSA) is 117 Å². The first-order valence-corrected chi connectivity index (χ1v) is 11.9. The second-order valence-electron chi connectivity index (χ2n) is 9.31. The van der Waals surface area contributed by atoms with Crippen molar-refractivity contribution in [3.8, 4) is 0 Å². The Labute approximate surface area is 197 Å². The van der Waals surface area contributed by atoms with Crippen LogP contribution in [0.5, 0.6) is 0 Å². The van der Waals surface area contributed by atoms with Gasteiger partial charge in [-0.1, -0.05) is 25.0 Å². The summed E-state index contributed by atoms with van der Waals surface area (Å²) < 4.78 is 1.66. The predicted molar refractivity (Wildman–Crippen MR) is 125 cm³/mol. The lowest BCUT2D eigenvalue weighted by atomic mass is 9.86. The third kappa shape index (κ3) is 3.64. The summed E-state index contributed by atoms with van der Waals surface area (Å²) in [5.74, 6) is -1.70. The van der Waals surface area contributed by atoms with Crippen LogP contribution in [0, 0.1) is 11.8 Å². The molecule has 0 unspecified atom stereocenters. The maximum atomic E-state index is 13.6. The van der Waals surface area contributed by atoms with E-state index in [-0.39, 0.29) is 42.3 Å². The Hall–Kier alpha value is -3.33. The number of nitrogens with zero attached hydrogens (tertiary/aromatic N) is 4. The van der Waals surface area contributed by atoms with Crippen molar-refractivity contribution < 1.29 is 14.7 Å². The molecule has 0 spiro atoms. The minimum Gasteiger partial charge on any atom is -0.396 e. The minimum absolute atomic E-state index is 0.107. The van der Waals surface area contributed by atoms with Crippen molar-refractivity contribution in [3.63, 3.8) is 0 Å². The Kier molecular flexibility index (Phi) is 6.03. The van der Waals surface area contributed by atoms with Gasteiger partial charge >= 0.3 is 0 Å². The number of fused-ring (bicyclic) bond motifs is 4. The highest BCUT2D eigenvalue weighted by molar-refractivity contribution is 5.94. The fourth-order valence-electron chi connectivity index (χ4n) is 5.92. The molecule has 3 aliphatic rings. The van der Waals surface area contributed by atoms with Crippen LogP contribution in [0.25, 0.3) is 6.08 Å². The molecule has 1 saturated carbocycles. The first kappa shape index (κ1) is 22.5. The quantitative estimate of drug-likeness (QED) is 0.695. The monoisotopic (exact) mass is 463 g/mol. The molecule has 1 aliphatic carbocycles. The van der Waals surface area contributed by atoms with Gasteiger partial charge in [-0.25, -0.2) is 4.98 Å². The summed E-state index contributed by atoms with van der Waals surface area (Å²) in [6.07, 6.45) is 11.9. The summed E-state index contributed by atoms with van der Waals surface area (Å²) in [6.45, 7) is 1.79. The molecular formula is C25H29N5O4. The van der Waals surface area contributed by atoms with Crippen molar-refractivity contribution in [2.24, 2.45) is 11.8 Å². The SMILES string of the molecule is C/C=C/c1ccc2n(c1=O)C[C@H]1[C@H](CO)[C@@H](C(=O)NC3CCCC3)[C@@H]2N1C(=O)c1cnccn1. The van der Waals surface area contributed by atoms with Gasteiger partial charge in [0.2, 0.25) is 5.91 Å². The fraction of sp³-hybridized carbons (Fsp3) is 0.480. The molecule has 34 heavy (non-hydrogen) atoms. The van der Waals surface area contributed by atoms with E-state index in [2.05, 4.69) is 15.3 Å². The van der Waals surface area contributed by atoms with E-state index in [0.717, 1.165) is 25.7 Å². The Morgan fingerprint density at radius 3 is 2.71 bits per heavy atom. The second-order valence-corrected chi connectivity index (χ2v) is 9.31. The molecule has 0 radical (unpaired) electrons. The van der Waals surface area contributed by atoms with Crippen LogP contribution in [0.15, 0.2) is 41.6 Å². The van der Waals surface area contributed by atoms with Crippen LogP contribution < -0.4 is 10.9 Å². The number of pyridine rings is 1. The zero-order chi connectivity index (χ0) is 23.8. The average molecular weight is 464 g/mol. The highest BCUT2D eigenvalue weighted by Crippen LogP contribution is 2.49. The van der Waals surface area contributed by atoms with Crippen molar-refractivity contribution in [2.75, 3.05) is 6.61 Å². The van der Waals surface area contributed by atoms with E-state index in [1.54, 1.807) is 27.7 Å². The average Bonchev–Trinajstić information content (AvgIpc) is 3.44. The summed E-state index contributed by atoms with van der Waals surface area (Å²) in [6, 6.07) is 2.46. The number of carbonyl (C=O) groups excluding carboxylic acids is 2. The molecule has 2 aliphatic heterocycles. The van der Waals surface area contributed by atoms with Crippen LogP contribution >= 0.6 is 0 Å². The van der Waals surface area contributed by atoms with Crippen molar-refractivity contribution in [2.45, 2.75) is 57.3 Å². The molecule has 4 atom stereocenters. The summed E-state index contributed by atoms with van der Waals surface area (Å²) in [4.78, 5) is 50.3. The number of amides is 2. The summed E-state index contributed by atoms with van der Waals surface area (Å²) in [5.41, 5.74) is 1.17. The lowest BCUT2D eigenvalue weighted by molar-refractivity contribution is -0.128. The van der Waals surface area contributed by atoms with Crippen molar-refractivity contribution in [1.82, 2.24) is 24.8 Å². The van der Waals surface area contributed by atoms with E-state index in [1.807, 2.05) is 13.0 Å². The lowest BCUT2D eigenvalue weighted by Gasteiger charge is -2.38. The van der Waals surface area contributed by atoms with Gasteiger partial charge in [0.25, 0.3) is 11.5 Å². The number of hydrogen-bond donors (Lipinski definition) is 2. The number of aliphatic hydroxyl groups excluding tert-OH is 1. The third-order valence-electron chi connectivity index (χ3n) is 7.44. The standard InChI is InChI=1S/C25H29N5O4/c1-2-5-15-8-9-19-22-21(23(32)28-16-6-3-4-7-16)17(14-31)20(13-29(19)24(15)33)30(22)25(34)18-12-26-10-11-27-18/h2,5,8-12,16-17,20-22,31H,3-4,6-7,13-14H2,1H3,(H,28,32)/b5-2+/t17-,20-,21+,22+/m0/s1. The summed E-state index contributed by atoms with van der Waals surface area (Å²) in [7, 11) is 0. The van der Waals surface area contributed by atoms with Gasteiger partial charge in [-0.15, -0.1) is 0 Å². The Bertz CT molecular complexity index is 1170. The normalized spacial score (nSPS) is 26.1. The summed E-state index contributed by atoms with van der Waals surface area (Å²) >= 11 is 0. The first-order valence-electron chi connectivity index (χ1n) is 11.9. The third-order valence-corrected chi connectivity index (χ3v) is 7.44. The van der Waals surface area contributed by atoms with Gasteiger partial charge in [0.15, 0.2) is 0 Å². The first-order chi connectivity index (χ1) is 16.5. The maximum absolute atomic E-state index is 13.6. The number of nitrogens with one attached hydrogen (secondary N) is 1. The van der Waals surface area contributed by atoms with Gasteiger partial charge in [-0.2, -0.15) is 0 Å². The van der Waals surface area contributed by atoms with Gasteiger partial charge in [0, 0.05) is 48.8 Å². The van der Waals surface area contributed by atoms with E-state index >= 15 is 0 Å². The van der Waals surface area contributed by atoms with E-state index in [1.165, 1.54) is 18.6 Å². The molecule has 0 aromatic carbocycles. The predicted octanol–water partition coefficient (Wildman–Crippen LogP) is 1.53. The van der Waals surface area contributed by atoms with Crippen LogP contribution in [0.4, 0.5) is 0 Å². The van der Waals surface area contributed by atoms with E-state index < -0.39 is 23.9 Å². The molecule has 178 valence electrons. The van der Waals surface area contributed by atoms with Gasteiger partial charge in [0.05, 0.1) is 24.2 Å². The lowest BCUT2D eigenvalue weighted by Crippen LogP contribution is -2.49. The molecule has 2 bridgehead atoms. The van der Waals surface area contributed by atoms with Crippen LogP contribution in [-0.2, 0) is 11.3 Å². The molecule has 9 nitrogen and oxygen atoms in total. The number of rotatable bonds is 5. The zero-order valence-corrected chi connectivity index (χ0v) is 19.1. The molecule has 9 heteroatoms. The van der Waals surface area contributed by atoms with Crippen molar-refractivity contribution >= 4 is 17.9 Å². The fourth-order valence-corrected chi connectivity index (χ4v) is 5.92. The van der Waals surface area contributed by atoms with E-state index in [4.69, 9.17) is 0 Å². The minimum atomic E-state index is -0.681. The van der Waals surface area contributed by atoms with Gasteiger partial charge in [0.1, 0.15) is 5.69 Å². The highest BCUT2D eigenvalue weighted by Gasteiger charge is 2.57. The molecule has 2 aromatic heterocycles. The largest absolute Gasteiger partial charge is 0.396 e. The molecular weight excluding hydrogens is 434 g/mol. The van der Waals surface area contributed by atoms with Gasteiger partial charge in [-0.05, 0) is 31.9 Å². The second kappa shape index (κ2) is 9.13. The van der Waals surface area contributed by atoms with Gasteiger partial charge < -0.3 is 19.9 Å². The molecule has 1 saturated heterocycles.